The van der Waals surface area contributed by atoms with E-state index < -0.39 is 0 Å². The number of rotatable bonds is 7. The van der Waals surface area contributed by atoms with Crippen LogP contribution in [-0.2, 0) is 4.74 Å². The molecule has 21 heavy (non-hydrogen) atoms. The molecule has 3 heteroatoms. The summed E-state index contributed by atoms with van der Waals surface area (Å²) in [5, 5.41) is 3.68. The molecule has 2 atom stereocenters. The van der Waals surface area contributed by atoms with Crippen LogP contribution in [0.4, 0.5) is 0 Å². The number of nitrogens with one attached hydrogen (secondary N) is 1. The maximum Gasteiger partial charge on any atom is 0.119 e. The molecule has 2 unspecified atom stereocenters. The van der Waals surface area contributed by atoms with E-state index in [0.29, 0.717) is 6.61 Å². The molecular weight excluding hydrogens is 262 g/mol. The second-order valence-corrected chi connectivity index (χ2v) is 6.01. The second kappa shape index (κ2) is 7.81. The topological polar surface area (TPSA) is 30.5 Å². The predicted octanol–water partition coefficient (Wildman–Crippen LogP) is 4.09. The molecule has 1 fully saturated rings. The largest absolute Gasteiger partial charge is 0.494 e. The van der Waals surface area contributed by atoms with Crippen LogP contribution in [0.3, 0.4) is 0 Å². The van der Waals surface area contributed by atoms with Crippen molar-refractivity contribution in [3.05, 3.63) is 29.8 Å². The Labute approximate surface area is 129 Å². The maximum atomic E-state index is 6.16. The zero-order valence-electron chi connectivity index (χ0n) is 13.7. The highest BCUT2D eigenvalue weighted by Gasteiger charge is 2.37. The summed E-state index contributed by atoms with van der Waals surface area (Å²) in [5.41, 5.74) is 1.18. The van der Waals surface area contributed by atoms with Crippen LogP contribution in [0.25, 0.3) is 0 Å². The van der Waals surface area contributed by atoms with Crippen molar-refractivity contribution in [3.63, 3.8) is 0 Å². The van der Waals surface area contributed by atoms with Crippen LogP contribution in [0.1, 0.15) is 58.1 Å². The molecule has 0 aromatic heterocycles. The standard InChI is InChI=1S/C18H29NO2/c1-4-13-19-17(18(3)12-6-7-14-21-18)15-8-10-16(11-9-15)20-5-2/h8-11,17,19H,4-7,12-14H2,1-3H3. The fourth-order valence-corrected chi connectivity index (χ4v) is 3.08. The van der Waals surface area contributed by atoms with Crippen LogP contribution < -0.4 is 10.1 Å². The Kier molecular flexibility index (Phi) is 6.07. The van der Waals surface area contributed by atoms with E-state index in [1.165, 1.54) is 18.4 Å². The van der Waals surface area contributed by atoms with Gasteiger partial charge in [0.1, 0.15) is 5.75 Å². The fraction of sp³-hybridized carbons (Fsp3) is 0.667. The smallest absolute Gasteiger partial charge is 0.119 e. The minimum Gasteiger partial charge on any atom is -0.494 e. The lowest BCUT2D eigenvalue weighted by Crippen LogP contribution is -2.46. The Morgan fingerprint density at radius 3 is 2.57 bits per heavy atom. The zero-order chi connectivity index (χ0) is 15.1. The molecule has 2 rings (SSSR count). The lowest BCUT2D eigenvalue weighted by atomic mass is 9.84. The van der Waals surface area contributed by atoms with Gasteiger partial charge in [-0.2, -0.15) is 0 Å². The van der Waals surface area contributed by atoms with Crippen LogP contribution in [0.15, 0.2) is 24.3 Å². The van der Waals surface area contributed by atoms with Gasteiger partial charge in [0.15, 0.2) is 0 Å². The molecule has 3 nitrogen and oxygen atoms in total. The van der Waals surface area contributed by atoms with Gasteiger partial charge in [0, 0.05) is 6.61 Å². The van der Waals surface area contributed by atoms with E-state index in [1.54, 1.807) is 0 Å². The highest BCUT2D eigenvalue weighted by Crippen LogP contribution is 2.37. The number of hydrogen-bond donors (Lipinski definition) is 1. The monoisotopic (exact) mass is 291 g/mol. The average molecular weight is 291 g/mol. The highest BCUT2D eigenvalue weighted by atomic mass is 16.5. The Morgan fingerprint density at radius 1 is 1.24 bits per heavy atom. The summed E-state index contributed by atoms with van der Waals surface area (Å²) in [6.45, 7) is 9.05. The Balaban J connectivity index is 2.17. The highest BCUT2D eigenvalue weighted by molar-refractivity contribution is 5.30. The van der Waals surface area contributed by atoms with Crippen molar-refractivity contribution in [2.45, 2.75) is 58.1 Å². The van der Waals surface area contributed by atoms with Crippen LogP contribution in [0, 0.1) is 0 Å². The van der Waals surface area contributed by atoms with Crippen LogP contribution in [0.2, 0.25) is 0 Å². The van der Waals surface area contributed by atoms with Crippen molar-refractivity contribution in [2.75, 3.05) is 19.8 Å². The molecule has 0 saturated carbocycles. The van der Waals surface area contributed by atoms with E-state index in [9.17, 15) is 0 Å². The van der Waals surface area contributed by atoms with Gasteiger partial charge in [-0.1, -0.05) is 19.1 Å². The number of hydrogen-bond acceptors (Lipinski definition) is 3. The molecule has 1 aromatic carbocycles. The first-order valence-corrected chi connectivity index (χ1v) is 8.29. The van der Waals surface area contributed by atoms with Gasteiger partial charge in [0.25, 0.3) is 0 Å². The first-order valence-electron chi connectivity index (χ1n) is 8.29. The summed E-state index contributed by atoms with van der Waals surface area (Å²) in [5.74, 6) is 0.935. The number of benzene rings is 1. The predicted molar refractivity (Wildman–Crippen MR) is 86.9 cm³/mol. The van der Waals surface area contributed by atoms with Gasteiger partial charge in [0.05, 0.1) is 18.2 Å². The molecule has 1 aliphatic heterocycles. The first kappa shape index (κ1) is 16.3. The first-order chi connectivity index (χ1) is 10.2. The molecule has 0 bridgehead atoms. The van der Waals surface area contributed by atoms with Crippen molar-refractivity contribution in [2.24, 2.45) is 0 Å². The number of ether oxygens (including phenoxy) is 2. The van der Waals surface area contributed by atoms with Gasteiger partial charge < -0.3 is 14.8 Å². The van der Waals surface area contributed by atoms with Crippen LogP contribution in [-0.4, -0.2) is 25.4 Å². The summed E-state index contributed by atoms with van der Waals surface area (Å²) in [6, 6.07) is 8.70. The van der Waals surface area contributed by atoms with Crippen molar-refractivity contribution in [3.8, 4) is 5.75 Å². The van der Waals surface area contributed by atoms with Gasteiger partial charge in [0.2, 0.25) is 0 Å². The van der Waals surface area contributed by atoms with Gasteiger partial charge >= 0.3 is 0 Å². The van der Waals surface area contributed by atoms with E-state index in [4.69, 9.17) is 9.47 Å². The second-order valence-electron chi connectivity index (χ2n) is 6.01. The van der Waals surface area contributed by atoms with Crippen LogP contribution in [0.5, 0.6) is 5.75 Å². The summed E-state index contributed by atoms with van der Waals surface area (Å²) >= 11 is 0. The molecule has 0 spiro atoms. The van der Waals surface area contributed by atoms with Crippen molar-refractivity contribution < 1.29 is 9.47 Å². The molecule has 0 radical (unpaired) electrons. The lowest BCUT2D eigenvalue weighted by molar-refractivity contribution is -0.0897. The molecule has 1 aliphatic rings. The molecular formula is C18H29NO2. The van der Waals surface area contributed by atoms with Gasteiger partial charge in [-0.3, -0.25) is 0 Å². The molecule has 0 amide bonds. The fourth-order valence-electron chi connectivity index (χ4n) is 3.08. The minimum absolute atomic E-state index is 0.111. The van der Waals surface area contributed by atoms with E-state index in [0.717, 1.165) is 31.7 Å². The Bertz CT molecular complexity index is 410. The molecule has 1 N–H and O–H groups in total. The van der Waals surface area contributed by atoms with Crippen molar-refractivity contribution in [1.82, 2.24) is 5.32 Å². The van der Waals surface area contributed by atoms with Crippen LogP contribution >= 0.6 is 0 Å². The summed E-state index contributed by atoms with van der Waals surface area (Å²) in [4.78, 5) is 0. The van der Waals surface area contributed by atoms with E-state index in [-0.39, 0.29) is 11.6 Å². The normalized spacial score (nSPS) is 23.8. The summed E-state index contributed by atoms with van der Waals surface area (Å²) in [6.07, 6.45) is 4.67. The summed E-state index contributed by atoms with van der Waals surface area (Å²) in [7, 11) is 0. The van der Waals surface area contributed by atoms with Gasteiger partial charge in [-0.25, -0.2) is 0 Å². The minimum atomic E-state index is -0.111. The van der Waals surface area contributed by atoms with Gasteiger partial charge in [-0.05, 0) is 63.8 Å². The van der Waals surface area contributed by atoms with E-state index in [1.807, 2.05) is 6.92 Å². The summed E-state index contributed by atoms with van der Waals surface area (Å²) < 4.78 is 11.7. The van der Waals surface area contributed by atoms with Gasteiger partial charge in [-0.15, -0.1) is 0 Å². The lowest BCUT2D eigenvalue weighted by Gasteiger charge is -2.41. The Morgan fingerprint density at radius 2 is 2.00 bits per heavy atom. The average Bonchev–Trinajstić information content (AvgIpc) is 2.50. The molecule has 118 valence electrons. The van der Waals surface area contributed by atoms with E-state index in [2.05, 4.69) is 43.4 Å². The van der Waals surface area contributed by atoms with Crippen molar-refractivity contribution >= 4 is 0 Å². The third-order valence-electron chi connectivity index (χ3n) is 4.23. The molecule has 1 heterocycles. The maximum absolute atomic E-state index is 6.16. The Hall–Kier alpha value is -1.06. The molecule has 0 aliphatic carbocycles. The molecule has 1 saturated heterocycles. The zero-order valence-corrected chi connectivity index (χ0v) is 13.7. The third-order valence-corrected chi connectivity index (χ3v) is 4.23. The van der Waals surface area contributed by atoms with E-state index >= 15 is 0 Å². The van der Waals surface area contributed by atoms with Crippen molar-refractivity contribution in [1.29, 1.82) is 0 Å². The SMILES string of the molecule is CCCNC(c1ccc(OCC)cc1)C1(C)CCCCO1. The third kappa shape index (κ3) is 4.21. The quantitative estimate of drug-likeness (QED) is 0.821. The molecule has 1 aromatic rings.